The highest BCUT2D eigenvalue weighted by atomic mass is 79.9. The first-order chi connectivity index (χ1) is 16.0. The van der Waals surface area contributed by atoms with Crippen LogP contribution in [-0.4, -0.2) is 24.4 Å². The second-order valence-electron chi connectivity index (χ2n) is 7.98. The van der Waals surface area contributed by atoms with Gasteiger partial charge >= 0.3 is 0 Å². The number of benzene rings is 3. The van der Waals surface area contributed by atoms with Crippen LogP contribution in [0.25, 0.3) is 6.08 Å². The Morgan fingerprint density at radius 2 is 1.73 bits per heavy atom. The lowest BCUT2D eigenvalue weighted by atomic mass is 10.1. The van der Waals surface area contributed by atoms with Crippen LogP contribution in [0.15, 0.2) is 89.1 Å². The van der Waals surface area contributed by atoms with Gasteiger partial charge in [-0.25, -0.2) is 0 Å². The fourth-order valence-electron chi connectivity index (χ4n) is 3.72. The first-order valence-corrected chi connectivity index (χ1v) is 11.7. The maximum Gasteiger partial charge on any atom is 0.294 e. The van der Waals surface area contributed by atoms with Crippen molar-refractivity contribution < 1.29 is 14.3 Å². The molecule has 0 saturated carbocycles. The number of carbonyl (C=O) groups is 2. The zero-order valence-electron chi connectivity index (χ0n) is 18.3. The number of ether oxygens (including phenoxy) is 1. The molecule has 1 N–H and O–H groups in total. The predicted molar refractivity (Wildman–Crippen MR) is 134 cm³/mol. The molecule has 33 heavy (non-hydrogen) atoms. The van der Waals surface area contributed by atoms with Crippen LogP contribution in [0.2, 0.25) is 0 Å². The van der Waals surface area contributed by atoms with Crippen molar-refractivity contribution in [1.29, 1.82) is 0 Å². The molecular weight excluding hydrogens is 480 g/mol. The van der Waals surface area contributed by atoms with Gasteiger partial charge in [0.25, 0.3) is 5.91 Å². The van der Waals surface area contributed by atoms with Gasteiger partial charge in [-0.1, -0.05) is 76.6 Å². The second kappa shape index (κ2) is 10.5. The van der Waals surface area contributed by atoms with E-state index in [0.717, 1.165) is 22.9 Å². The SMILES string of the molecule is CC(CCc1ccccc1)NC(=O)CN1C(=O)/C(=C\c2ccccc2Br)Oc2ccccc21. The van der Waals surface area contributed by atoms with Crippen LogP contribution >= 0.6 is 15.9 Å². The van der Waals surface area contributed by atoms with E-state index in [1.54, 1.807) is 18.2 Å². The summed E-state index contributed by atoms with van der Waals surface area (Å²) in [6.45, 7) is 1.90. The summed E-state index contributed by atoms with van der Waals surface area (Å²) in [6, 6.07) is 25.0. The zero-order chi connectivity index (χ0) is 23.2. The molecular formula is C27H25BrN2O3. The maximum absolute atomic E-state index is 13.3. The summed E-state index contributed by atoms with van der Waals surface area (Å²) in [5, 5.41) is 3.02. The molecule has 168 valence electrons. The maximum atomic E-state index is 13.3. The Hall–Kier alpha value is -3.38. The minimum absolute atomic E-state index is 0.0145. The largest absolute Gasteiger partial charge is 0.449 e. The van der Waals surface area contributed by atoms with E-state index in [1.165, 1.54) is 10.5 Å². The van der Waals surface area contributed by atoms with Crippen molar-refractivity contribution in [2.45, 2.75) is 25.8 Å². The van der Waals surface area contributed by atoms with E-state index in [1.807, 2.05) is 61.5 Å². The predicted octanol–water partition coefficient (Wildman–Crippen LogP) is 5.35. The lowest BCUT2D eigenvalue weighted by Gasteiger charge is -2.30. The standard InChI is InChI=1S/C27H25BrN2O3/c1-19(15-16-20-9-3-2-4-10-20)29-26(31)18-30-23-13-7-8-14-24(23)33-25(27(30)32)17-21-11-5-6-12-22(21)28/h2-14,17,19H,15-16,18H2,1H3,(H,29,31)/b25-17+. The van der Waals surface area contributed by atoms with Crippen molar-refractivity contribution in [1.82, 2.24) is 5.32 Å². The Kier molecular flexibility index (Phi) is 7.25. The third-order valence-corrected chi connectivity index (χ3v) is 6.16. The number of fused-ring (bicyclic) bond motifs is 1. The van der Waals surface area contributed by atoms with E-state index in [-0.39, 0.29) is 30.2 Å². The van der Waals surface area contributed by atoms with Gasteiger partial charge in [0.2, 0.25) is 5.91 Å². The van der Waals surface area contributed by atoms with E-state index < -0.39 is 0 Å². The molecule has 0 saturated heterocycles. The zero-order valence-corrected chi connectivity index (χ0v) is 19.9. The molecule has 1 aliphatic heterocycles. The summed E-state index contributed by atoms with van der Waals surface area (Å²) in [6.07, 6.45) is 3.38. The van der Waals surface area contributed by atoms with Crippen LogP contribution < -0.4 is 15.0 Å². The van der Waals surface area contributed by atoms with Gasteiger partial charge in [0.1, 0.15) is 6.54 Å². The van der Waals surface area contributed by atoms with Crippen molar-refractivity contribution in [3.05, 3.63) is 100 Å². The van der Waals surface area contributed by atoms with Gasteiger partial charge in [0.15, 0.2) is 11.5 Å². The molecule has 0 aliphatic carbocycles. The normalized spacial score (nSPS) is 15.0. The summed E-state index contributed by atoms with van der Waals surface area (Å²) >= 11 is 3.50. The molecule has 3 aromatic rings. The number of hydrogen-bond donors (Lipinski definition) is 1. The van der Waals surface area contributed by atoms with Crippen LogP contribution in [0.4, 0.5) is 5.69 Å². The van der Waals surface area contributed by atoms with Gasteiger partial charge in [0, 0.05) is 10.5 Å². The highest BCUT2D eigenvalue weighted by Crippen LogP contribution is 2.35. The summed E-state index contributed by atoms with van der Waals surface area (Å²) in [7, 11) is 0. The van der Waals surface area contributed by atoms with Gasteiger partial charge in [-0.15, -0.1) is 0 Å². The lowest BCUT2D eigenvalue weighted by molar-refractivity contribution is -0.123. The number of anilines is 1. The molecule has 2 amide bonds. The monoisotopic (exact) mass is 504 g/mol. The smallest absolute Gasteiger partial charge is 0.294 e. The van der Waals surface area contributed by atoms with Crippen molar-refractivity contribution in [3.8, 4) is 5.75 Å². The minimum Gasteiger partial charge on any atom is -0.449 e. The van der Waals surface area contributed by atoms with E-state index in [2.05, 4.69) is 33.4 Å². The number of amides is 2. The first-order valence-electron chi connectivity index (χ1n) is 10.9. The lowest BCUT2D eigenvalue weighted by Crippen LogP contribution is -2.46. The molecule has 0 radical (unpaired) electrons. The molecule has 1 aliphatic rings. The number of nitrogens with one attached hydrogen (secondary N) is 1. The summed E-state index contributed by atoms with van der Waals surface area (Å²) in [5.74, 6) is 0.156. The Bertz CT molecular complexity index is 1180. The van der Waals surface area contributed by atoms with E-state index in [9.17, 15) is 9.59 Å². The highest BCUT2D eigenvalue weighted by Gasteiger charge is 2.31. The van der Waals surface area contributed by atoms with E-state index in [4.69, 9.17) is 4.74 Å². The van der Waals surface area contributed by atoms with Gasteiger partial charge in [0.05, 0.1) is 5.69 Å². The van der Waals surface area contributed by atoms with Crippen LogP contribution in [-0.2, 0) is 16.0 Å². The molecule has 1 heterocycles. The number of aryl methyl sites for hydroxylation is 1. The molecule has 1 unspecified atom stereocenters. The molecule has 6 heteroatoms. The van der Waals surface area contributed by atoms with Crippen molar-refractivity contribution in [3.63, 3.8) is 0 Å². The molecule has 0 spiro atoms. The molecule has 5 nitrogen and oxygen atoms in total. The van der Waals surface area contributed by atoms with E-state index in [0.29, 0.717) is 11.4 Å². The third kappa shape index (κ3) is 5.71. The second-order valence-corrected chi connectivity index (χ2v) is 8.84. The Morgan fingerprint density at radius 3 is 2.52 bits per heavy atom. The van der Waals surface area contributed by atoms with Crippen LogP contribution in [0, 0.1) is 0 Å². The molecule has 1 atom stereocenters. The van der Waals surface area contributed by atoms with Gasteiger partial charge < -0.3 is 10.1 Å². The number of carbonyl (C=O) groups excluding carboxylic acids is 2. The van der Waals surface area contributed by atoms with Crippen LogP contribution in [0.1, 0.15) is 24.5 Å². The molecule has 3 aromatic carbocycles. The molecule has 0 aromatic heterocycles. The van der Waals surface area contributed by atoms with Gasteiger partial charge in [-0.3, -0.25) is 14.5 Å². The van der Waals surface area contributed by atoms with Crippen molar-refractivity contribution in [2.24, 2.45) is 0 Å². The molecule has 0 bridgehead atoms. The highest BCUT2D eigenvalue weighted by molar-refractivity contribution is 9.10. The van der Waals surface area contributed by atoms with Crippen LogP contribution in [0.5, 0.6) is 5.75 Å². The first kappa shape index (κ1) is 22.8. The quantitative estimate of drug-likeness (QED) is 0.441. The average molecular weight is 505 g/mol. The number of rotatable bonds is 7. The molecule has 4 rings (SSSR count). The summed E-state index contributed by atoms with van der Waals surface area (Å²) in [4.78, 5) is 27.6. The Morgan fingerprint density at radius 1 is 1.03 bits per heavy atom. The van der Waals surface area contributed by atoms with Crippen LogP contribution in [0.3, 0.4) is 0 Å². The van der Waals surface area contributed by atoms with Crippen molar-refractivity contribution >= 4 is 39.5 Å². The fourth-order valence-corrected chi connectivity index (χ4v) is 4.12. The number of hydrogen-bond acceptors (Lipinski definition) is 3. The number of para-hydroxylation sites is 2. The third-order valence-electron chi connectivity index (χ3n) is 5.44. The van der Waals surface area contributed by atoms with Crippen molar-refractivity contribution in [2.75, 3.05) is 11.4 Å². The van der Waals surface area contributed by atoms with E-state index >= 15 is 0 Å². The fraction of sp³-hybridized carbons (Fsp3) is 0.185. The topological polar surface area (TPSA) is 58.6 Å². The summed E-state index contributed by atoms with van der Waals surface area (Å²) in [5.41, 5.74) is 2.63. The minimum atomic E-state index is -0.350. The number of nitrogens with zero attached hydrogens (tertiary/aromatic N) is 1. The summed E-state index contributed by atoms with van der Waals surface area (Å²) < 4.78 is 6.75. The Balaban J connectivity index is 1.48. The average Bonchev–Trinajstić information content (AvgIpc) is 2.82. The van der Waals surface area contributed by atoms with Gasteiger partial charge in [-0.2, -0.15) is 0 Å². The number of halogens is 1. The van der Waals surface area contributed by atoms with Gasteiger partial charge in [-0.05, 0) is 55.2 Å². The Labute approximate surface area is 202 Å². The molecule has 0 fully saturated rings.